The van der Waals surface area contributed by atoms with Crippen LogP contribution < -0.4 is 16.0 Å². The van der Waals surface area contributed by atoms with Crippen LogP contribution in [0.15, 0.2) is 12.1 Å². The Balaban J connectivity index is 2.32. The number of carbonyl (C=O) groups excluding carboxylic acids is 1. The van der Waals surface area contributed by atoms with Crippen LogP contribution in [0.25, 0.3) is 0 Å². The van der Waals surface area contributed by atoms with Gasteiger partial charge in [0.05, 0.1) is 13.2 Å². The zero-order chi connectivity index (χ0) is 15.4. The van der Waals surface area contributed by atoms with Crippen LogP contribution in [0.2, 0.25) is 0 Å². The van der Waals surface area contributed by atoms with Gasteiger partial charge in [-0.2, -0.15) is 0 Å². The van der Waals surface area contributed by atoms with Crippen molar-refractivity contribution in [3.05, 3.63) is 23.4 Å². The average molecular weight is 308 g/mol. The molecular weight excluding hydrogens is 288 g/mol. The largest absolute Gasteiger partial charge is 0.389 e. The standard InChI is InChI=1S/C14H20N4O2S/c1-3-16-14(19)11-8-20-5-4-18(11)12-7-10(13(15)21)6-9(2)17-12/h6-7,11H,3-5,8H2,1-2H3,(H2,15,21)(H,16,19). The van der Waals surface area contributed by atoms with E-state index in [1.54, 1.807) is 0 Å². The van der Waals surface area contributed by atoms with Crippen molar-refractivity contribution in [3.63, 3.8) is 0 Å². The molecule has 1 atom stereocenters. The van der Waals surface area contributed by atoms with Gasteiger partial charge in [0.25, 0.3) is 0 Å². The van der Waals surface area contributed by atoms with Crippen LogP contribution in [0, 0.1) is 6.92 Å². The fourth-order valence-corrected chi connectivity index (χ4v) is 2.45. The number of hydrogen-bond donors (Lipinski definition) is 2. The summed E-state index contributed by atoms with van der Waals surface area (Å²) >= 11 is 5.03. The second kappa shape index (κ2) is 6.82. The predicted octanol–water partition coefficient (Wildman–Crippen LogP) is 0.366. The third-order valence-electron chi connectivity index (χ3n) is 3.30. The van der Waals surface area contributed by atoms with Crippen molar-refractivity contribution in [3.8, 4) is 0 Å². The number of morpholine rings is 1. The number of anilines is 1. The first-order chi connectivity index (χ1) is 10.0. The summed E-state index contributed by atoms with van der Waals surface area (Å²) in [6, 6.07) is 3.28. The summed E-state index contributed by atoms with van der Waals surface area (Å²) in [5, 5.41) is 2.83. The number of thiocarbonyl (C=S) groups is 1. The Hall–Kier alpha value is -1.73. The van der Waals surface area contributed by atoms with Gasteiger partial charge in [-0.3, -0.25) is 4.79 Å². The normalized spacial score (nSPS) is 18.4. The van der Waals surface area contributed by atoms with Crippen LogP contribution >= 0.6 is 12.2 Å². The predicted molar refractivity (Wildman–Crippen MR) is 85.5 cm³/mol. The second-order valence-electron chi connectivity index (χ2n) is 4.90. The molecule has 0 bridgehead atoms. The maximum absolute atomic E-state index is 12.2. The first-order valence-corrected chi connectivity index (χ1v) is 7.34. The molecule has 0 radical (unpaired) electrons. The number of nitrogens with two attached hydrogens (primary N) is 1. The summed E-state index contributed by atoms with van der Waals surface area (Å²) in [7, 11) is 0. The van der Waals surface area contributed by atoms with E-state index in [0.717, 1.165) is 11.3 Å². The Morgan fingerprint density at radius 1 is 1.62 bits per heavy atom. The van der Waals surface area contributed by atoms with Crippen molar-refractivity contribution in [2.75, 3.05) is 31.2 Å². The molecule has 1 saturated heterocycles. The molecule has 1 aliphatic rings. The molecule has 0 saturated carbocycles. The minimum atomic E-state index is -0.382. The molecule has 7 heteroatoms. The van der Waals surface area contributed by atoms with Gasteiger partial charge in [-0.05, 0) is 26.0 Å². The zero-order valence-corrected chi connectivity index (χ0v) is 13.1. The molecular formula is C14H20N4O2S. The van der Waals surface area contributed by atoms with Gasteiger partial charge in [0.2, 0.25) is 5.91 Å². The maximum Gasteiger partial charge on any atom is 0.245 e. The van der Waals surface area contributed by atoms with Gasteiger partial charge in [-0.25, -0.2) is 4.98 Å². The quantitative estimate of drug-likeness (QED) is 0.782. The fourth-order valence-electron chi connectivity index (χ4n) is 2.33. The van der Waals surface area contributed by atoms with Gasteiger partial charge in [0, 0.05) is 24.3 Å². The number of ether oxygens (including phenoxy) is 1. The van der Waals surface area contributed by atoms with Crippen LogP contribution in [0.4, 0.5) is 5.82 Å². The van der Waals surface area contributed by atoms with Crippen molar-refractivity contribution >= 4 is 28.9 Å². The van der Waals surface area contributed by atoms with E-state index in [-0.39, 0.29) is 11.9 Å². The number of nitrogens with zero attached hydrogens (tertiary/aromatic N) is 2. The minimum Gasteiger partial charge on any atom is -0.389 e. The molecule has 21 heavy (non-hydrogen) atoms. The summed E-state index contributed by atoms with van der Waals surface area (Å²) in [6.45, 7) is 5.88. The summed E-state index contributed by atoms with van der Waals surface area (Å²) in [4.78, 5) is 19.0. The highest BCUT2D eigenvalue weighted by Crippen LogP contribution is 2.20. The van der Waals surface area contributed by atoms with Crippen molar-refractivity contribution in [2.45, 2.75) is 19.9 Å². The van der Waals surface area contributed by atoms with Crippen molar-refractivity contribution in [2.24, 2.45) is 5.73 Å². The molecule has 2 heterocycles. The average Bonchev–Trinajstić information content (AvgIpc) is 2.46. The molecule has 1 unspecified atom stereocenters. The van der Waals surface area contributed by atoms with E-state index < -0.39 is 0 Å². The Morgan fingerprint density at radius 2 is 2.38 bits per heavy atom. The van der Waals surface area contributed by atoms with E-state index in [2.05, 4.69) is 10.3 Å². The number of pyridine rings is 1. The number of amides is 1. The summed E-state index contributed by atoms with van der Waals surface area (Å²) in [6.07, 6.45) is 0. The molecule has 1 aliphatic heterocycles. The number of likely N-dealkylation sites (N-methyl/N-ethyl adjacent to an activating group) is 1. The highest BCUT2D eigenvalue weighted by Gasteiger charge is 2.30. The molecule has 2 rings (SSSR count). The highest BCUT2D eigenvalue weighted by atomic mass is 32.1. The van der Waals surface area contributed by atoms with Crippen molar-refractivity contribution < 1.29 is 9.53 Å². The number of aromatic nitrogens is 1. The SMILES string of the molecule is CCNC(=O)C1COCCN1c1cc(C(N)=S)cc(C)n1. The van der Waals surface area contributed by atoms with Gasteiger partial charge < -0.3 is 20.7 Å². The summed E-state index contributed by atoms with van der Waals surface area (Å²) in [5.41, 5.74) is 7.28. The molecule has 0 spiro atoms. The van der Waals surface area contributed by atoms with Gasteiger partial charge in [-0.15, -0.1) is 0 Å². The summed E-state index contributed by atoms with van der Waals surface area (Å²) < 4.78 is 5.43. The lowest BCUT2D eigenvalue weighted by Gasteiger charge is -2.35. The van der Waals surface area contributed by atoms with Crippen LogP contribution in [0.1, 0.15) is 18.2 Å². The van der Waals surface area contributed by atoms with Crippen LogP contribution in [0.3, 0.4) is 0 Å². The van der Waals surface area contributed by atoms with Crippen molar-refractivity contribution in [1.82, 2.24) is 10.3 Å². The van der Waals surface area contributed by atoms with Gasteiger partial charge in [0.15, 0.2) is 0 Å². The Morgan fingerprint density at radius 3 is 3.05 bits per heavy atom. The van der Waals surface area contributed by atoms with E-state index in [0.29, 0.717) is 37.1 Å². The highest BCUT2D eigenvalue weighted by molar-refractivity contribution is 7.80. The molecule has 3 N–H and O–H groups in total. The maximum atomic E-state index is 12.2. The first kappa shape index (κ1) is 15.7. The molecule has 0 aromatic carbocycles. The molecule has 6 nitrogen and oxygen atoms in total. The Labute approximate surface area is 129 Å². The van der Waals surface area contributed by atoms with E-state index in [4.69, 9.17) is 22.7 Å². The second-order valence-corrected chi connectivity index (χ2v) is 5.34. The smallest absolute Gasteiger partial charge is 0.245 e. The monoisotopic (exact) mass is 308 g/mol. The van der Waals surface area contributed by atoms with Crippen LogP contribution in [0.5, 0.6) is 0 Å². The van der Waals surface area contributed by atoms with E-state index in [9.17, 15) is 4.79 Å². The summed E-state index contributed by atoms with van der Waals surface area (Å²) in [5.74, 6) is 0.648. The topological polar surface area (TPSA) is 80.5 Å². The van der Waals surface area contributed by atoms with Crippen LogP contribution in [-0.2, 0) is 9.53 Å². The van der Waals surface area contributed by atoms with E-state index in [1.807, 2.05) is 30.9 Å². The minimum absolute atomic E-state index is 0.0580. The number of rotatable bonds is 4. The number of carbonyl (C=O) groups is 1. The molecule has 0 aliphatic carbocycles. The molecule has 1 amide bonds. The first-order valence-electron chi connectivity index (χ1n) is 6.93. The number of nitrogens with one attached hydrogen (secondary N) is 1. The van der Waals surface area contributed by atoms with Gasteiger partial charge in [-0.1, -0.05) is 12.2 Å². The third kappa shape index (κ3) is 3.68. The van der Waals surface area contributed by atoms with Crippen molar-refractivity contribution in [1.29, 1.82) is 0 Å². The van der Waals surface area contributed by atoms with Gasteiger partial charge in [0.1, 0.15) is 16.8 Å². The number of aryl methyl sites for hydroxylation is 1. The van der Waals surface area contributed by atoms with Gasteiger partial charge >= 0.3 is 0 Å². The molecule has 114 valence electrons. The third-order valence-corrected chi connectivity index (χ3v) is 3.54. The zero-order valence-electron chi connectivity index (χ0n) is 12.3. The molecule has 1 aromatic rings. The molecule has 1 aromatic heterocycles. The van der Waals surface area contributed by atoms with E-state index in [1.165, 1.54) is 0 Å². The molecule has 1 fully saturated rings. The lowest BCUT2D eigenvalue weighted by atomic mass is 10.1. The fraction of sp³-hybridized carbons (Fsp3) is 0.500. The lowest BCUT2D eigenvalue weighted by molar-refractivity contribution is -0.124. The Bertz CT molecular complexity index is 550. The van der Waals surface area contributed by atoms with Crippen LogP contribution in [-0.4, -0.2) is 48.2 Å². The number of hydrogen-bond acceptors (Lipinski definition) is 5. The lowest BCUT2D eigenvalue weighted by Crippen LogP contribution is -2.54. The van der Waals surface area contributed by atoms with E-state index >= 15 is 0 Å². The Kier molecular flexibility index (Phi) is 5.08.